The number of Topliss-reactive ketones (excluding diaryl/α,β-unsaturated/α-hetero) is 2. The smallest absolute Gasteiger partial charge is 0.139 e. The van der Waals surface area contributed by atoms with Crippen molar-refractivity contribution in [3.8, 4) is 0 Å². The fraction of sp³-hybridized carbons (Fsp3) is 0.800. The predicted molar refractivity (Wildman–Crippen MR) is 81.5 cm³/mol. The van der Waals surface area contributed by atoms with Gasteiger partial charge in [-0.2, -0.15) is 0 Å². The van der Waals surface area contributed by atoms with Gasteiger partial charge in [0.1, 0.15) is 11.6 Å². The lowest BCUT2D eigenvalue weighted by Crippen LogP contribution is -2.00. The molecular weight excluding hydrogens is 296 g/mol. The number of hydrogen-bond donors (Lipinski definition) is 0. The van der Waals surface area contributed by atoms with E-state index in [-0.39, 0.29) is 20.7 Å². The first-order valence-electron chi connectivity index (χ1n) is 5.12. The highest BCUT2D eigenvalue weighted by molar-refractivity contribution is 8.22. The van der Waals surface area contributed by atoms with Crippen LogP contribution in [0.1, 0.15) is 27.7 Å². The second-order valence-corrected chi connectivity index (χ2v) is 9.02. The van der Waals surface area contributed by atoms with Crippen molar-refractivity contribution in [1.82, 2.24) is 0 Å². The van der Waals surface area contributed by atoms with E-state index in [0.29, 0.717) is 11.5 Å². The van der Waals surface area contributed by atoms with Crippen LogP contribution in [0.5, 0.6) is 0 Å². The Morgan fingerprint density at radius 1 is 0.941 bits per heavy atom. The summed E-state index contributed by atoms with van der Waals surface area (Å²) in [5.41, 5.74) is 0. The lowest BCUT2D eigenvalue weighted by Gasteiger charge is -2.11. The fourth-order valence-electron chi connectivity index (χ4n) is 0.658. The average Bonchev–Trinajstić information content (AvgIpc) is 2.23. The molecule has 17 heavy (non-hydrogen) atoms. The fourth-order valence-corrected chi connectivity index (χ4v) is 4.09. The summed E-state index contributed by atoms with van der Waals surface area (Å²) in [4.78, 5) is 21.5. The number of ketones is 2. The zero-order valence-electron chi connectivity index (χ0n) is 10.4. The van der Waals surface area contributed by atoms with Gasteiger partial charge >= 0.3 is 0 Å². The lowest BCUT2D eigenvalue weighted by atomic mass is 10.5. The van der Waals surface area contributed by atoms with Gasteiger partial charge in [0, 0.05) is 24.1 Å². The Bertz CT molecular complexity index is 224. The van der Waals surface area contributed by atoms with Crippen molar-refractivity contribution >= 4 is 59.2 Å². The van der Waals surface area contributed by atoms with Crippen LogP contribution in [-0.4, -0.2) is 32.2 Å². The zero-order valence-corrected chi connectivity index (χ0v) is 13.7. The van der Waals surface area contributed by atoms with Gasteiger partial charge in [-0.3, -0.25) is 9.59 Å². The maximum atomic E-state index is 10.8. The van der Waals surface area contributed by atoms with Crippen LogP contribution in [0.4, 0.5) is 0 Å². The molecule has 0 aromatic heterocycles. The van der Waals surface area contributed by atoms with Crippen molar-refractivity contribution in [2.24, 2.45) is 0 Å². The van der Waals surface area contributed by atoms with E-state index in [0.717, 1.165) is 0 Å². The summed E-state index contributed by atoms with van der Waals surface area (Å²) in [6.45, 7) is 7.18. The van der Waals surface area contributed by atoms with E-state index in [2.05, 4.69) is 0 Å². The summed E-state index contributed by atoms with van der Waals surface area (Å²) in [7, 11) is 0. The van der Waals surface area contributed by atoms with E-state index in [1.54, 1.807) is 37.4 Å². The third-order valence-electron chi connectivity index (χ3n) is 1.39. The minimum atomic E-state index is 0.181. The highest BCUT2D eigenvalue weighted by Gasteiger charge is 2.10. The molecule has 7 heteroatoms. The van der Waals surface area contributed by atoms with Crippen LogP contribution in [0.15, 0.2) is 0 Å². The SMILES string of the molecule is CC(=O)CSC(C)SOSC(C)SCC(C)=O. The minimum absolute atomic E-state index is 0.181. The van der Waals surface area contributed by atoms with E-state index >= 15 is 0 Å². The molecule has 2 unspecified atom stereocenters. The number of carbonyl (C=O) groups is 2. The molecule has 0 aliphatic heterocycles. The Labute approximate surface area is 120 Å². The molecule has 2 atom stereocenters. The summed E-state index contributed by atoms with van der Waals surface area (Å²) < 4.78 is 5.86. The van der Waals surface area contributed by atoms with E-state index in [9.17, 15) is 9.59 Å². The molecule has 0 aromatic carbocycles. The van der Waals surface area contributed by atoms with Crippen LogP contribution in [0.25, 0.3) is 0 Å². The number of hydrogen-bond acceptors (Lipinski definition) is 7. The summed E-state index contributed by atoms with van der Waals surface area (Å²) >= 11 is 5.85. The highest BCUT2D eigenvalue weighted by Crippen LogP contribution is 2.32. The van der Waals surface area contributed by atoms with Crippen molar-refractivity contribution in [2.45, 2.75) is 36.9 Å². The monoisotopic (exact) mass is 314 g/mol. The molecular formula is C10H18O3S4. The Kier molecular flexibility index (Phi) is 11.0. The zero-order chi connectivity index (χ0) is 13.3. The molecule has 0 spiro atoms. The van der Waals surface area contributed by atoms with Crippen LogP contribution in [0, 0.1) is 0 Å². The molecule has 100 valence electrons. The van der Waals surface area contributed by atoms with Gasteiger partial charge in [-0.05, 0) is 27.7 Å². The van der Waals surface area contributed by atoms with E-state index in [1.807, 2.05) is 13.8 Å². The molecule has 0 bridgehead atoms. The van der Waals surface area contributed by atoms with Crippen LogP contribution in [-0.2, 0) is 13.2 Å². The van der Waals surface area contributed by atoms with Crippen molar-refractivity contribution in [3.63, 3.8) is 0 Å². The third-order valence-corrected chi connectivity index (χ3v) is 5.94. The third kappa shape index (κ3) is 12.9. The molecule has 0 aliphatic rings. The van der Waals surface area contributed by atoms with E-state index in [1.165, 1.54) is 24.1 Å². The van der Waals surface area contributed by atoms with Gasteiger partial charge < -0.3 is 0 Å². The largest absolute Gasteiger partial charge is 0.299 e. The topological polar surface area (TPSA) is 43.4 Å². The first-order valence-corrected chi connectivity index (χ1v) is 8.83. The second-order valence-electron chi connectivity index (χ2n) is 3.42. The Morgan fingerprint density at radius 2 is 1.29 bits per heavy atom. The summed E-state index contributed by atoms with van der Waals surface area (Å²) in [6, 6.07) is 0. The number of rotatable bonds is 10. The van der Waals surface area contributed by atoms with Gasteiger partial charge in [-0.1, -0.05) is 0 Å². The molecule has 0 aliphatic carbocycles. The quantitative estimate of drug-likeness (QED) is 0.450. The molecule has 0 amide bonds. The molecule has 0 aromatic rings. The van der Waals surface area contributed by atoms with Crippen LogP contribution >= 0.6 is 47.6 Å². The van der Waals surface area contributed by atoms with Crippen LogP contribution in [0.2, 0.25) is 0 Å². The molecule has 0 saturated carbocycles. The normalized spacial score (nSPS) is 14.4. The summed E-state index contributed by atoms with van der Waals surface area (Å²) in [5.74, 6) is 1.41. The first-order chi connectivity index (χ1) is 7.91. The Hall–Kier alpha value is 0.700. The average molecular weight is 315 g/mol. The number of carbonyl (C=O) groups excluding carboxylic acids is 2. The van der Waals surface area contributed by atoms with Gasteiger partial charge in [-0.15, -0.1) is 23.5 Å². The summed E-state index contributed by atoms with van der Waals surface area (Å²) in [6.07, 6.45) is 0. The highest BCUT2D eigenvalue weighted by atomic mass is 32.3. The Morgan fingerprint density at radius 3 is 1.59 bits per heavy atom. The predicted octanol–water partition coefficient (Wildman–Crippen LogP) is 3.64. The molecule has 0 N–H and O–H groups in total. The number of thioether (sulfide) groups is 2. The maximum Gasteiger partial charge on any atom is 0.139 e. The van der Waals surface area contributed by atoms with E-state index < -0.39 is 0 Å². The lowest BCUT2D eigenvalue weighted by molar-refractivity contribution is -0.115. The molecule has 0 heterocycles. The van der Waals surface area contributed by atoms with Crippen molar-refractivity contribution in [2.75, 3.05) is 11.5 Å². The van der Waals surface area contributed by atoms with Crippen molar-refractivity contribution in [3.05, 3.63) is 0 Å². The standard InChI is InChI=1S/C10H18O3S4/c1-7(11)5-14-9(3)16-13-17-10(4)15-6-8(2)12/h9-10H,5-6H2,1-4H3. The van der Waals surface area contributed by atoms with Gasteiger partial charge in [0.05, 0.1) is 20.7 Å². The molecule has 3 nitrogen and oxygen atoms in total. The summed E-state index contributed by atoms with van der Waals surface area (Å²) in [5, 5.41) is 0. The Balaban J connectivity index is 3.48. The van der Waals surface area contributed by atoms with Gasteiger partial charge in [-0.25, -0.2) is 3.63 Å². The van der Waals surface area contributed by atoms with Gasteiger partial charge in [0.15, 0.2) is 0 Å². The van der Waals surface area contributed by atoms with Crippen LogP contribution in [0.3, 0.4) is 0 Å². The minimum Gasteiger partial charge on any atom is -0.299 e. The molecule has 0 rings (SSSR count). The van der Waals surface area contributed by atoms with Gasteiger partial charge in [0.25, 0.3) is 0 Å². The van der Waals surface area contributed by atoms with E-state index in [4.69, 9.17) is 3.63 Å². The van der Waals surface area contributed by atoms with Crippen LogP contribution < -0.4 is 0 Å². The van der Waals surface area contributed by atoms with Gasteiger partial charge in [0.2, 0.25) is 0 Å². The molecule has 0 radical (unpaired) electrons. The maximum absolute atomic E-state index is 10.8. The van der Waals surface area contributed by atoms with Crippen molar-refractivity contribution in [1.29, 1.82) is 0 Å². The molecule has 0 fully saturated rings. The first kappa shape index (κ1) is 17.7. The second kappa shape index (κ2) is 10.6. The van der Waals surface area contributed by atoms with Crippen molar-refractivity contribution < 1.29 is 13.2 Å². The molecule has 0 saturated heterocycles.